The molecule has 1 N–H and O–H groups in total. The normalized spacial score (nSPS) is 12.7. The second-order valence-electron chi connectivity index (χ2n) is 4.81. The standard InChI is InChI=1S/C16H21NS/c1-5-13-6-7-18-16(13)15(17-4)14-9-11(2)8-12(3)10-14/h6-10,15,17H,5H2,1-4H3. The lowest BCUT2D eigenvalue weighted by Gasteiger charge is -2.18. The summed E-state index contributed by atoms with van der Waals surface area (Å²) in [6, 6.07) is 9.36. The maximum Gasteiger partial charge on any atom is 0.0671 e. The number of hydrogen-bond donors (Lipinski definition) is 1. The van der Waals surface area contributed by atoms with Crippen LogP contribution in [0, 0.1) is 13.8 Å². The van der Waals surface area contributed by atoms with Gasteiger partial charge in [0.2, 0.25) is 0 Å². The van der Waals surface area contributed by atoms with Crippen LogP contribution in [0.3, 0.4) is 0 Å². The van der Waals surface area contributed by atoms with Crippen LogP contribution in [-0.2, 0) is 6.42 Å². The minimum absolute atomic E-state index is 0.318. The van der Waals surface area contributed by atoms with Gasteiger partial charge in [-0.25, -0.2) is 0 Å². The van der Waals surface area contributed by atoms with Gasteiger partial charge in [-0.2, -0.15) is 0 Å². The molecule has 2 aromatic rings. The van der Waals surface area contributed by atoms with E-state index in [4.69, 9.17) is 0 Å². The van der Waals surface area contributed by atoms with Gasteiger partial charge in [0, 0.05) is 4.88 Å². The van der Waals surface area contributed by atoms with Gasteiger partial charge in [0.25, 0.3) is 0 Å². The first kappa shape index (κ1) is 13.3. The number of hydrogen-bond acceptors (Lipinski definition) is 2. The number of benzene rings is 1. The Hall–Kier alpha value is -1.12. The lowest BCUT2D eigenvalue weighted by Crippen LogP contribution is -2.18. The molecular weight excluding hydrogens is 238 g/mol. The summed E-state index contributed by atoms with van der Waals surface area (Å²) >= 11 is 1.85. The van der Waals surface area contributed by atoms with Gasteiger partial charge >= 0.3 is 0 Å². The molecule has 2 heteroatoms. The van der Waals surface area contributed by atoms with Crippen LogP contribution in [0.4, 0.5) is 0 Å². The molecule has 0 amide bonds. The van der Waals surface area contributed by atoms with Crippen LogP contribution in [0.5, 0.6) is 0 Å². The van der Waals surface area contributed by atoms with Gasteiger partial charge in [0.05, 0.1) is 6.04 Å². The summed E-state index contributed by atoms with van der Waals surface area (Å²) in [5, 5.41) is 5.66. The van der Waals surface area contributed by atoms with Gasteiger partial charge in [-0.05, 0) is 49.9 Å². The molecule has 0 aliphatic heterocycles. The van der Waals surface area contributed by atoms with Crippen molar-refractivity contribution in [2.24, 2.45) is 0 Å². The molecule has 1 heterocycles. The molecule has 0 saturated carbocycles. The zero-order valence-electron chi connectivity index (χ0n) is 11.6. The molecule has 1 aromatic heterocycles. The Kier molecular flexibility index (Phi) is 4.20. The number of nitrogens with one attached hydrogen (secondary N) is 1. The zero-order valence-corrected chi connectivity index (χ0v) is 12.4. The van der Waals surface area contributed by atoms with Crippen LogP contribution < -0.4 is 5.32 Å². The van der Waals surface area contributed by atoms with Crippen molar-refractivity contribution >= 4 is 11.3 Å². The summed E-state index contributed by atoms with van der Waals surface area (Å²) in [6.07, 6.45) is 1.10. The van der Waals surface area contributed by atoms with Crippen LogP contribution in [0.15, 0.2) is 29.6 Å². The molecular formula is C16H21NS. The SMILES string of the molecule is CCc1ccsc1C(NC)c1cc(C)cc(C)c1. The first-order valence-corrected chi connectivity index (χ1v) is 7.35. The van der Waals surface area contributed by atoms with Crippen molar-refractivity contribution in [3.63, 3.8) is 0 Å². The Bertz CT molecular complexity index is 507. The Balaban J connectivity index is 2.45. The fraction of sp³-hybridized carbons (Fsp3) is 0.375. The van der Waals surface area contributed by atoms with Crippen molar-refractivity contribution in [1.82, 2.24) is 5.32 Å². The minimum atomic E-state index is 0.318. The van der Waals surface area contributed by atoms with Crippen LogP contribution in [0.1, 0.15) is 40.1 Å². The Morgan fingerprint density at radius 1 is 1.17 bits per heavy atom. The topological polar surface area (TPSA) is 12.0 Å². The van der Waals surface area contributed by atoms with E-state index in [1.165, 1.54) is 27.1 Å². The maximum atomic E-state index is 3.46. The van der Waals surface area contributed by atoms with Crippen molar-refractivity contribution in [3.05, 3.63) is 56.8 Å². The third-order valence-electron chi connectivity index (χ3n) is 3.29. The first-order chi connectivity index (χ1) is 8.65. The Morgan fingerprint density at radius 3 is 2.39 bits per heavy atom. The van der Waals surface area contributed by atoms with Gasteiger partial charge in [-0.3, -0.25) is 0 Å². The first-order valence-electron chi connectivity index (χ1n) is 6.47. The van der Waals surface area contributed by atoms with Crippen molar-refractivity contribution in [3.8, 4) is 0 Å². The van der Waals surface area contributed by atoms with Gasteiger partial charge in [0.1, 0.15) is 0 Å². The van der Waals surface area contributed by atoms with Crippen LogP contribution in [0.25, 0.3) is 0 Å². The summed E-state index contributed by atoms with van der Waals surface area (Å²) in [5.41, 5.74) is 5.49. The Labute approximate surface area is 114 Å². The predicted octanol–water partition coefficient (Wildman–Crippen LogP) is 4.24. The largest absolute Gasteiger partial charge is 0.309 e. The highest BCUT2D eigenvalue weighted by molar-refractivity contribution is 7.10. The van der Waals surface area contributed by atoms with E-state index in [-0.39, 0.29) is 0 Å². The number of aryl methyl sites for hydroxylation is 3. The molecule has 1 unspecified atom stereocenters. The van der Waals surface area contributed by atoms with E-state index in [9.17, 15) is 0 Å². The van der Waals surface area contributed by atoms with Gasteiger partial charge in [0.15, 0.2) is 0 Å². The van der Waals surface area contributed by atoms with E-state index >= 15 is 0 Å². The molecule has 1 nitrogen and oxygen atoms in total. The summed E-state index contributed by atoms with van der Waals surface area (Å²) in [5.74, 6) is 0. The molecule has 0 saturated heterocycles. The summed E-state index contributed by atoms with van der Waals surface area (Å²) in [6.45, 7) is 6.55. The summed E-state index contributed by atoms with van der Waals surface area (Å²) in [7, 11) is 2.04. The van der Waals surface area contributed by atoms with Crippen LogP contribution in [0.2, 0.25) is 0 Å². The lowest BCUT2D eigenvalue weighted by molar-refractivity contribution is 0.696. The molecule has 2 rings (SSSR count). The van der Waals surface area contributed by atoms with Crippen molar-refractivity contribution in [2.75, 3.05) is 7.05 Å². The van der Waals surface area contributed by atoms with E-state index in [1.54, 1.807) is 0 Å². The molecule has 0 aliphatic rings. The van der Waals surface area contributed by atoms with Gasteiger partial charge < -0.3 is 5.32 Å². The van der Waals surface area contributed by atoms with E-state index in [0.29, 0.717) is 6.04 Å². The molecule has 0 spiro atoms. The van der Waals surface area contributed by atoms with E-state index in [2.05, 4.69) is 55.7 Å². The number of rotatable bonds is 4. The van der Waals surface area contributed by atoms with Crippen molar-refractivity contribution in [2.45, 2.75) is 33.2 Å². The quantitative estimate of drug-likeness (QED) is 0.866. The van der Waals surface area contributed by atoms with Gasteiger partial charge in [-0.1, -0.05) is 36.2 Å². The maximum absolute atomic E-state index is 3.46. The average Bonchev–Trinajstić information content (AvgIpc) is 2.77. The third kappa shape index (κ3) is 2.65. The monoisotopic (exact) mass is 259 g/mol. The molecule has 0 fully saturated rings. The molecule has 1 aromatic carbocycles. The summed E-state index contributed by atoms with van der Waals surface area (Å²) in [4.78, 5) is 1.45. The van der Waals surface area contributed by atoms with Crippen LogP contribution in [-0.4, -0.2) is 7.05 Å². The fourth-order valence-corrected chi connectivity index (χ4v) is 3.65. The zero-order chi connectivity index (χ0) is 13.1. The molecule has 0 aliphatic carbocycles. The van der Waals surface area contributed by atoms with Crippen molar-refractivity contribution in [1.29, 1.82) is 0 Å². The van der Waals surface area contributed by atoms with E-state index in [1.807, 2.05) is 18.4 Å². The predicted molar refractivity (Wildman–Crippen MR) is 80.5 cm³/mol. The molecule has 0 radical (unpaired) electrons. The molecule has 96 valence electrons. The molecule has 18 heavy (non-hydrogen) atoms. The smallest absolute Gasteiger partial charge is 0.0671 e. The Morgan fingerprint density at radius 2 is 1.83 bits per heavy atom. The lowest BCUT2D eigenvalue weighted by atomic mass is 9.98. The number of thiophene rings is 1. The molecule has 0 bridgehead atoms. The highest BCUT2D eigenvalue weighted by atomic mass is 32.1. The van der Waals surface area contributed by atoms with E-state index in [0.717, 1.165) is 6.42 Å². The third-order valence-corrected chi connectivity index (χ3v) is 4.31. The summed E-state index contributed by atoms with van der Waals surface area (Å²) < 4.78 is 0. The average molecular weight is 259 g/mol. The van der Waals surface area contributed by atoms with Crippen LogP contribution >= 0.6 is 11.3 Å². The fourth-order valence-electron chi connectivity index (χ4n) is 2.52. The minimum Gasteiger partial charge on any atom is -0.309 e. The van der Waals surface area contributed by atoms with Gasteiger partial charge in [-0.15, -0.1) is 11.3 Å². The highest BCUT2D eigenvalue weighted by Crippen LogP contribution is 2.30. The highest BCUT2D eigenvalue weighted by Gasteiger charge is 2.16. The molecule has 1 atom stereocenters. The van der Waals surface area contributed by atoms with E-state index < -0.39 is 0 Å². The van der Waals surface area contributed by atoms with Crippen molar-refractivity contribution < 1.29 is 0 Å². The second kappa shape index (κ2) is 5.68. The second-order valence-corrected chi connectivity index (χ2v) is 5.75.